The first-order valence-corrected chi connectivity index (χ1v) is 3.89. The molecule has 0 aliphatic rings. The van der Waals surface area contributed by atoms with Gasteiger partial charge in [0.25, 0.3) is 0 Å². The Bertz CT molecular complexity index is 107. The Kier molecular flexibility index (Phi) is 4.33. The third-order valence-electron chi connectivity index (χ3n) is 1.71. The van der Waals surface area contributed by atoms with Gasteiger partial charge in [0.1, 0.15) is 6.17 Å². The average molecular weight is 144 g/mol. The van der Waals surface area contributed by atoms with Crippen LogP contribution < -0.4 is 0 Å². The summed E-state index contributed by atoms with van der Waals surface area (Å²) in [5.74, 6) is 0.141. The Balaban J connectivity index is 3.69. The van der Waals surface area contributed by atoms with Crippen LogP contribution in [0.5, 0.6) is 0 Å². The lowest BCUT2D eigenvalue weighted by Crippen LogP contribution is -2.12. The minimum atomic E-state index is -0.806. The predicted molar refractivity (Wildman–Crippen MR) is 43.8 cm³/mol. The SMILES string of the molecule is C=C(C)C(F)C(C)CCC. The van der Waals surface area contributed by atoms with Gasteiger partial charge in [-0.2, -0.15) is 0 Å². The maximum Gasteiger partial charge on any atom is 0.123 e. The first kappa shape index (κ1) is 9.67. The molecule has 0 radical (unpaired) electrons. The quantitative estimate of drug-likeness (QED) is 0.531. The number of hydrogen-bond acceptors (Lipinski definition) is 0. The Labute approximate surface area is 63.1 Å². The van der Waals surface area contributed by atoms with Gasteiger partial charge in [-0.15, -0.1) is 0 Å². The molecule has 0 nitrogen and oxygen atoms in total. The highest BCUT2D eigenvalue weighted by molar-refractivity contribution is 4.98. The zero-order chi connectivity index (χ0) is 8.15. The molecular weight excluding hydrogens is 127 g/mol. The van der Waals surface area contributed by atoms with E-state index in [0.29, 0.717) is 5.57 Å². The molecular formula is C9H17F. The summed E-state index contributed by atoms with van der Waals surface area (Å²) >= 11 is 0. The van der Waals surface area contributed by atoms with Crippen LogP contribution in [0.3, 0.4) is 0 Å². The zero-order valence-corrected chi connectivity index (χ0v) is 7.15. The van der Waals surface area contributed by atoms with Crippen molar-refractivity contribution in [3.8, 4) is 0 Å². The molecule has 0 heterocycles. The molecule has 0 bridgehead atoms. The van der Waals surface area contributed by atoms with E-state index in [-0.39, 0.29) is 5.92 Å². The fourth-order valence-electron chi connectivity index (χ4n) is 1.09. The van der Waals surface area contributed by atoms with Gasteiger partial charge in [-0.25, -0.2) is 4.39 Å². The van der Waals surface area contributed by atoms with Gasteiger partial charge in [0.15, 0.2) is 0 Å². The van der Waals surface area contributed by atoms with Gasteiger partial charge in [-0.3, -0.25) is 0 Å². The zero-order valence-electron chi connectivity index (χ0n) is 7.15. The monoisotopic (exact) mass is 144 g/mol. The minimum Gasteiger partial charge on any atom is -0.242 e. The largest absolute Gasteiger partial charge is 0.242 e. The Morgan fingerprint density at radius 1 is 1.60 bits per heavy atom. The van der Waals surface area contributed by atoms with Crippen molar-refractivity contribution in [1.82, 2.24) is 0 Å². The van der Waals surface area contributed by atoms with Gasteiger partial charge in [-0.05, 0) is 24.8 Å². The maximum atomic E-state index is 13.0. The smallest absolute Gasteiger partial charge is 0.123 e. The van der Waals surface area contributed by atoms with Crippen LogP contribution in [0.2, 0.25) is 0 Å². The van der Waals surface area contributed by atoms with E-state index in [1.807, 2.05) is 6.92 Å². The standard InChI is InChI=1S/C9H17F/c1-5-6-8(4)9(10)7(2)3/h8-9H,2,5-6H2,1,3-4H3. The summed E-state index contributed by atoms with van der Waals surface area (Å²) in [5.41, 5.74) is 0.654. The molecule has 0 saturated carbocycles. The molecule has 10 heavy (non-hydrogen) atoms. The van der Waals surface area contributed by atoms with Crippen LogP contribution in [0.15, 0.2) is 12.2 Å². The van der Waals surface area contributed by atoms with Crippen LogP contribution in [0, 0.1) is 5.92 Å². The molecule has 1 heteroatoms. The van der Waals surface area contributed by atoms with Crippen molar-refractivity contribution in [2.45, 2.75) is 39.8 Å². The molecule has 0 aliphatic heterocycles. The van der Waals surface area contributed by atoms with Crippen molar-refractivity contribution < 1.29 is 4.39 Å². The Hall–Kier alpha value is -0.330. The first-order chi connectivity index (χ1) is 4.59. The number of allylic oxidation sites excluding steroid dienone is 1. The van der Waals surface area contributed by atoms with Crippen LogP contribution in [-0.2, 0) is 0 Å². The summed E-state index contributed by atoms with van der Waals surface area (Å²) in [4.78, 5) is 0. The molecule has 0 aromatic carbocycles. The lowest BCUT2D eigenvalue weighted by molar-refractivity contribution is 0.269. The topological polar surface area (TPSA) is 0 Å². The third kappa shape index (κ3) is 3.00. The lowest BCUT2D eigenvalue weighted by atomic mass is 9.96. The number of alkyl halides is 1. The third-order valence-corrected chi connectivity index (χ3v) is 1.71. The van der Waals surface area contributed by atoms with Crippen molar-refractivity contribution in [2.24, 2.45) is 5.92 Å². The molecule has 0 aromatic rings. The molecule has 0 rings (SSSR count). The normalized spacial score (nSPS) is 16.4. The fraction of sp³-hybridized carbons (Fsp3) is 0.778. The highest BCUT2D eigenvalue weighted by Gasteiger charge is 2.14. The highest BCUT2D eigenvalue weighted by Crippen LogP contribution is 2.18. The number of rotatable bonds is 4. The van der Waals surface area contributed by atoms with E-state index in [0.717, 1.165) is 12.8 Å². The van der Waals surface area contributed by atoms with Crippen LogP contribution in [0.25, 0.3) is 0 Å². The summed E-state index contributed by atoms with van der Waals surface area (Å²) < 4.78 is 13.0. The van der Waals surface area contributed by atoms with Crippen molar-refractivity contribution in [2.75, 3.05) is 0 Å². The molecule has 0 amide bonds. The maximum absolute atomic E-state index is 13.0. The van der Waals surface area contributed by atoms with E-state index in [1.54, 1.807) is 6.92 Å². The van der Waals surface area contributed by atoms with E-state index in [9.17, 15) is 4.39 Å². The minimum absolute atomic E-state index is 0.141. The summed E-state index contributed by atoms with van der Waals surface area (Å²) in [6.45, 7) is 9.33. The van der Waals surface area contributed by atoms with Gasteiger partial charge < -0.3 is 0 Å². The van der Waals surface area contributed by atoms with Crippen molar-refractivity contribution >= 4 is 0 Å². The molecule has 2 atom stereocenters. The lowest BCUT2D eigenvalue weighted by Gasteiger charge is -2.14. The van der Waals surface area contributed by atoms with Crippen molar-refractivity contribution in [3.63, 3.8) is 0 Å². The summed E-state index contributed by atoms with van der Waals surface area (Å²) in [6, 6.07) is 0. The molecule has 0 saturated heterocycles. The van der Waals surface area contributed by atoms with Crippen LogP contribution in [0.4, 0.5) is 4.39 Å². The van der Waals surface area contributed by atoms with E-state index in [4.69, 9.17) is 0 Å². The molecule has 2 unspecified atom stereocenters. The van der Waals surface area contributed by atoms with Gasteiger partial charge >= 0.3 is 0 Å². The molecule has 0 aliphatic carbocycles. The van der Waals surface area contributed by atoms with Gasteiger partial charge in [0.2, 0.25) is 0 Å². The molecule has 0 N–H and O–H groups in total. The van der Waals surface area contributed by atoms with E-state index >= 15 is 0 Å². The molecule has 0 spiro atoms. The second kappa shape index (κ2) is 4.48. The van der Waals surface area contributed by atoms with E-state index in [2.05, 4.69) is 13.5 Å². The Morgan fingerprint density at radius 3 is 2.40 bits per heavy atom. The van der Waals surface area contributed by atoms with Crippen molar-refractivity contribution in [1.29, 1.82) is 0 Å². The van der Waals surface area contributed by atoms with Gasteiger partial charge in [0.05, 0.1) is 0 Å². The van der Waals surface area contributed by atoms with Crippen molar-refractivity contribution in [3.05, 3.63) is 12.2 Å². The number of halogens is 1. The summed E-state index contributed by atoms with van der Waals surface area (Å²) in [7, 11) is 0. The predicted octanol–water partition coefficient (Wildman–Crippen LogP) is 3.34. The molecule has 0 fully saturated rings. The second-order valence-corrected chi connectivity index (χ2v) is 3.01. The van der Waals surface area contributed by atoms with Crippen LogP contribution in [-0.4, -0.2) is 6.17 Å². The first-order valence-electron chi connectivity index (χ1n) is 3.89. The van der Waals surface area contributed by atoms with Gasteiger partial charge in [0, 0.05) is 0 Å². The molecule has 60 valence electrons. The summed E-state index contributed by atoms with van der Waals surface area (Å²) in [5, 5.41) is 0. The second-order valence-electron chi connectivity index (χ2n) is 3.01. The molecule has 0 aromatic heterocycles. The van der Waals surface area contributed by atoms with Crippen LogP contribution >= 0.6 is 0 Å². The van der Waals surface area contributed by atoms with Crippen LogP contribution in [0.1, 0.15) is 33.6 Å². The average Bonchev–Trinajstić information content (AvgIpc) is 1.87. The summed E-state index contributed by atoms with van der Waals surface area (Å²) in [6.07, 6.45) is 1.20. The van der Waals surface area contributed by atoms with Gasteiger partial charge in [-0.1, -0.05) is 26.8 Å². The number of hydrogen-bond donors (Lipinski definition) is 0. The fourth-order valence-corrected chi connectivity index (χ4v) is 1.09. The van der Waals surface area contributed by atoms with E-state index in [1.165, 1.54) is 0 Å². The Morgan fingerprint density at radius 2 is 2.10 bits per heavy atom. The van der Waals surface area contributed by atoms with E-state index < -0.39 is 6.17 Å². The highest BCUT2D eigenvalue weighted by atomic mass is 19.1.